The van der Waals surface area contributed by atoms with E-state index >= 15 is 0 Å². The van der Waals surface area contributed by atoms with Gasteiger partial charge in [-0.3, -0.25) is 4.79 Å². The molecule has 1 aromatic rings. The van der Waals surface area contributed by atoms with Gasteiger partial charge in [-0.2, -0.15) is 0 Å². The summed E-state index contributed by atoms with van der Waals surface area (Å²) in [5.74, 6) is 0.652. The lowest BCUT2D eigenvalue weighted by atomic mass is 10.1. The molecule has 2 atom stereocenters. The molecule has 0 spiro atoms. The zero-order chi connectivity index (χ0) is 16.1. The molecule has 6 heteroatoms. The van der Waals surface area contributed by atoms with E-state index in [1.54, 1.807) is 12.1 Å². The summed E-state index contributed by atoms with van der Waals surface area (Å²) in [6.45, 7) is 1.38. The highest BCUT2D eigenvalue weighted by Gasteiger charge is 2.27. The largest absolute Gasteiger partial charge is 0.491 e. The smallest absolute Gasteiger partial charge is 0.227 e. The van der Waals surface area contributed by atoms with E-state index in [1.165, 1.54) is 0 Å². The van der Waals surface area contributed by atoms with E-state index in [4.69, 9.17) is 22.1 Å². The molecule has 1 aliphatic carbocycles. The van der Waals surface area contributed by atoms with Crippen molar-refractivity contribution in [3.8, 4) is 5.75 Å². The fourth-order valence-corrected chi connectivity index (χ4v) is 2.77. The van der Waals surface area contributed by atoms with Gasteiger partial charge >= 0.3 is 0 Å². The Morgan fingerprint density at radius 3 is 2.82 bits per heavy atom. The summed E-state index contributed by atoms with van der Waals surface area (Å²) in [6, 6.07) is 5.46. The van der Waals surface area contributed by atoms with Gasteiger partial charge in [0.15, 0.2) is 0 Å². The summed E-state index contributed by atoms with van der Waals surface area (Å²) < 4.78 is 5.62. The second-order valence-corrected chi connectivity index (χ2v) is 6.46. The molecule has 5 nitrogen and oxygen atoms in total. The van der Waals surface area contributed by atoms with Crippen LogP contribution in [-0.2, 0) is 4.79 Å². The standard InChI is InChI=1S/C16H24ClN3O2/c1-20(2)7-8-22-15-6-5-13(10-14(15)17)19-16(21)11-3-4-12(18)9-11/h5-6,10-12H,3-4,7-9,18H2,1-2H3,(H,19,21). The van der Waals surface area contributed by atoms with Crippen LogP contribution in [0.25, 0.3) is 0 Å². The highest BCUT2D eigenvalue weighted by molar-refractivity contribution is 6.32. The predicted molar refractivity (Wildman–Crippen MR) is 89.4 cm³/mol. The molecule has 1 amide bonds. The molecule has 122 valence electrons. The van der Waals surface area contributed by atoms with Gasteiger partial charge in [-0.1, -0.05) is 11.6 Å². The summed E-state index contributed by atoms with van der Waals surface area (Å²) in [7, 11) is 3.97. The number of hydrogen-bond acceptors (Lipinski definition) is 4. The van der Waals surface area contributed by atoms with Crippen molar-refractivity contribution in [1.29, 1.82) is 0 Å². The number of amides is 1. The number of benzene rings is 1. The lowest BCUT2D eigenvalue weighted by Crippen LogP contribution is -2.23. The Bertz CT molecular complexity index is 522. The molecule has 3 N–H and O–H groups in total. The lowest BCUT2D eigenvalue weighted by molar-refractivity contribution is -0.119. The van der Waals surface area contributed by atoms with E-state index in [2.05, 4.69) is 5.32 Å². The molecule has 2 unspecified atom stereocenters. The van der Waals surface area contributed by atoms with Gasteiger partial charge in [0.2, 0.25) is 5.91 Å². The number of ether oxygens (including phenoxy) is 1. The van der Waals surface area contributed by atoms with Gasteiger partial charge in [-0.05, 0) is 51.6 Å². The maximum atomic E-state index is 12.2. The van der Waals surface area contributed by atoms with Crippen LogP contribution in [0.4, 0.5) is 5.69 Å². The Kier molecular flexibility index (Phi) is 6.06. The fourth-order valence-electron chi connectivity index (χ4n) is 2.53. The van der Waals surface area contributed by atoms with Crippen LogP contribution in [0.5, 0.6) is 5.75 Å². The maximum absolute atomic E-state index is 12.2. The van der Waals surface area contributed by atoms with Gasteiger partial charge in [0.05, 0.1) is 5.02 Å². The van der Waals surface area contributed by atoms with Crippen molar-refractivity contribution in [2.75, 3.05) is 32.6 Å². The molecular formula is C16H24ClN3O2. The molecule has 0 aliphatic heterocycles. The van der Waals surface area contributed by atoms with Gasteiger partial charge in [0.25, 0.3) is 0 Å². The molecule has 22 heavy (non-hydrogen) atoms. The van der Waals surface area contributed by atoms with Gasteiger partial charge < -0.3 is 20.7 Å². The molecule has 2 rings (SSSR count). The van der Waals surface area contributed by atoms with E-state index in [-0.39, 0.29) is 17.9 Å². The van der Waals surface area contributed by atoms with Crippen molar-refractivity contribution in [2.24, 2.45) is 11.7 Å². The minimum Gasteiger partial charge on any atom is -0.491 e. The molecule has 0 saturated heterocycles. The van der Waals surface area contributed by atoms with Gasteiger partial charge in [0.1, 0.15) is 12.4 Å². The zero-order valence-corrected chi connectivity index (χ0v) is 13.9. The molecule has 0 heterocycles. The highest BCUT2D eigenvalue weighted by atomic mass is 35.5. The average molecular weight is 326 g/mol. The van der Waals surface area contributed by atoms with Gasteiger partial charge in [-0.15, -0.1) is 0 Å². The Balaban J connectivity index is 1.90. The number of rotatable bonds is 6. The summed E-state index contributed by atoms with van der Waals surface area (Å²) >= 11 is 6.20. The van der Waals surface area contributed by atoms with Crippen LogP contribution in [0.15, 0.2) is 18.2 Å². The summed E-state index contributed by atoms with van der Waals surface area (Å²) in [4.78, 5) is 14.2. The number of anilines is 1. The van der Waals surface area contributed by atoms with Gasteiger partial charge in [0, 0.05) is 24.2 Å². The van der Waals surface area contributed by atoms with Crippen molar-refractivity contribution < 1.29 is 9.53 Å². The fraction of sp³-hybridized carbons (Fsp3) is 0.562. The average Bonchev–Trinajstić information content (AvgIpc) is 2.87. The zero-order valence-electron chi connectivity index (χ0n) is 13.1. The number of nitrogens with two attached hydrogens (primary N) is 1. The van der Waals surface area contributed by atoms with E-state index in [1.807, 2.05) is 25.1 Å². The summed E-state index contributed by atoms with van der Waals surface area (Å²) in [5.41, 5.74) is 6.54. The van der Waals surface area contributed by atoms with E-state index in [9.17, 15) is 4.79 Å². The van der Waals surface area contributed by atoms with E-state index in [0.29, 0.717) is 23.1 Å². The Labute approximate surface area is 136 Å². The molecule has 1 aromatic carbocycles. The summed E-state index contributed by atoms with van der Waals surface area (Å²) in [6.07, 6.45) is 2.52. The van der Waals surface area contributed by atoms with Crippen LogP contribution in [-0.4, -0.2) is 44.1 Å². The van der Waals surface area contributed by atoms with E-state index < -0.39 is 0 Å². The monoisotopic (exact) mass is 325 g/mol. The second-order valence-electron chi connectivity index (χ2n) is 6.06. The van der Waals surface area contributed by atoms with Crippen molar-refractivity contribution >= 4 is 23.2 Å². The first-order valence-corrected chi connectivity index (χ1v) is 7.97. The quantitative estimate of drug-likeness (QED) is 0.842. The van der Waals surface area contributed by atoms with Gasteiger partial charge in [-0.25, -0.2) is 0 Å². The minimum atomic E-state index is 0.00444. The third-order valence-corrected chi connectivity index (χ3v) is 4.13. The second kappa shape index (κ2) is 7.81. The number of hydrogen-bond donors (Lipinski definition) is 2. The van der Waals surface area contributed by atoms with Crippen molar-refractivity contribution in [1.82, 2.24) is 4.90 Å². The van der Waals surface area contributed by atoms with Crippen LogP contribution < -0.4 is 15.8 Å². The Hall–Kier alpha value is -1.30. The third-order valence-electron chi connectivity index (χ3n) is 3.84. The van der Waals surface area contributed by atoms with Crippen LogP contribution in [0.3, 0.4) is 0 Å². The lowest BCUT2D eigenvalue weighted by Gasteiger charge is -2.14. The Morgan fingerprint density at radius 2 is 2.23 bits per heavy atom. The van der Waals surface area contributed by atoms with Crippen molar-refractivity contribution in [3.05, 3.63) is 23.2 Å². The first-order chi connectivity index (χ1) is 10.5. The van der Waals surface area contributed by atoms with Crippen LogP contribution in [0, 0.1) is 5.92 Å². The van der Waals surface area contributed by atoms with Crippen molar-refractivity contribution in [2.45, 2.75) is 25.3 Å². The molecule has 0 radical (unpaired) electrons. The SMILES string of the molecule is CN(C)CCOc1ccc(NC(=O)C2CCC(N)C2)cc1Cl. The number of carbonyl (C=O) groups excluding carboxylic acids is 1. The number of likely N-dealkylation sites (N-methyl/N-ethyl adjacent to an activating group) is 1. The number of nitrogens with zero attached hydrogens (tertiary/aromatic N) is 1. The van der Waals surface area contributed by atoms with Crippen molar-refractivity contribution in [3.63, 3.8) is 0 Å². The molecule has 0 bridgehead atoms. The highest BCUT2D eigenvalue weighted by Crippen LogP contribution is 2.29. The molecule has 1 saturated carbocycles. The topological polar surface area (TPSA) is 67.6 Å². The number of halogens is 1. The third kappa shape index (κ3) is 4.87. The first-order valence-electron chi connectivity index (χ1n) is 7.59. The predicted octanol–water partition coefficient (Wildman–Crippen LogP) is 2.35. The van der Waals surface area contributed by atoms with E-state index in [0.717, 1.165) is 25.8 Å². The maximum Gasteiger partial charge on any atom is 0.227 e. The molecule has 1 fully saturated rings. The van der Waals surface area contributed by atoms with Crippen LogP contribution in [0.2, 0.25) is 5.02 Å². The number of carbonyl (C=O) groups is 1. The molecule has 0 aromatic heterocycles. The first kappa shape index (κ1) is 17.1. The Morgan fingerprint density at radius 1 is 1.45 bits per heavy atom. The van der Waals surface area contributed by atoms with Crippen LogP contribution in [0.1, 0.15) is 19.3 Å². The normalized spacial score (nSPS) is 21.1. The minimum absolute atomic E-state index is 0.00444. The molecular weight excluding hydrogens is 302 g/mol. The number of nitrogens with one attached hydrogen (secondary N) is 1. The molecule has 1 aliphatic rings. The van der Waals surface area contributed by atoms with Crippen LogP contribution >= 0.6 is 11.6 Å². The summed E-state index contributed by atoms with van der Waals surface area (Å²) in [5, 5.41) is 3.40.